The Kier molecular flexibility index (Phi) is 5.30. The van der Waals surface area contributed by atoms with E-state index < -0.39 is 17.9 Å². The van der Waals surface area contributed by atoms with Crippen molar-refractivity contribution in [1.82, 2.24) is 10.3 Å². The molecule has 0 bridgehead atoms. The Balaban J connectivity index is 2.67. The summed E-state index contributed by atoms with van der Waals surface area (Å²) in [4.78, 5) is 26.8. The Bertz CT molecular complexity index is 406. The van der Waals surface area contributed by atoms with Crippen LogP contribution in [0.15, 0.2) is 24.5 Å². The van der Waals surface area contributed by atoms with Crippen LogP contribution in [0.5, 0.6) is 0 Å². The second-order valence-electron chi connectivity index (χ2n) is 4.20. The van der Waals surface area contributed by atoms with E-state index in [1.54, 1.807) is 31.5 Å². The molecule has 5 nitrogen and oxygen atoms in total. The van der Waals surface area contributed by atoms with E-state index in [-0.39, 0.29) is 5.91 Å². The highest BCUT2D eigenvalue weighted by Crippen LogP contribution is 2.14. The Morgan fingerprint density at radius 1 is 1.50 bits per heavy atom. The largest absolute Gasteiger partial charge is 0.480 e. The molecule has 1 rings (SSSR count). The third kappa shape index (κ3) is 3.84. The number of aliphatic carboxylic acids is 1. The van der Waals surface area contributed by atoms with Crippen molar-refractivity contribution in [3.05, 3.63) is 30.1 Å². The molecule has 5 heteroatoms. The average Bonchev–Trinajstić information content (AvgIpc) is 2.38. The monoisotopic (exact) mass is 250 g/mol. The van der Waals surface area contributed by atoms with Crippen LogP contribution in [-0.4, -0.2) is 28.0 Å². The van der Waals surface area contributed by atoms with E-state index in [1.807, 2.05) is 6.92 Å². The minimum atomic E-state index is -0.997. The number of pyridine rings is 1. The maximum absolute atomic E-state index is 11.9. The molecule has 1 aromatic rings. The molecule has 0 radical (unpaired) electrons. The summed E-state index contributed by atoms with van der Waals surface area (Å²) in [6.07, 6.45) is 4.38. The van der Waals surface area contributed by atoms with Crippen molar-refractivity contribution >= 4 is 11.9 Å². The third-order valence-electron chi connectivity index (χ3n) is 2.77. The molecular weight excluding hydrogens is 232 g/mol. The van der Waals surface area contributed by atoms with Gasteiger partial charge in [-0.25, -0.2) is 4.79 Å². The summed E-state index contributed by atoms with van der Waals surface area (Å²) in [5.74, 6) is -1.69. The number of carbonyl (C=O) groups is 2. The lowest BCUT2D eigenvalue weighted by Gasteiger charge is -2.17. The molecule has 2 N–H and O–H groups in total. The average molecular weight is 250 g/mol. The summed E-state index contributed by atoms with van der Waals surface area (Å²) in [6.45, 7) is 3.61. The van der Waals surface area contributed by atoms with Crippen molar-refractivity contribution in [3.63, 3.8) is 0 Å². The smallest absolute Gasteiger partial charge is 0.326 e. The van der Waals surface area contributed by atoms with Gasteiger partial charge in [-0.15, -0.1) is 0 Å². The predicted octanol–water partition coefficient (Wildman–Crippen LogP) is 1.55. The van der Waals surface area contributed by atoms with E-state index in [0.717, 1.165) is 5.56 Å². The van der Waals surface area contributed by atoms with Crippen LogP contribution in [0.1, 0.15) is 38.2 Å². The van der Waals surface area contributed by atoms with Gasteiger partial charge >= 0.3 is 5.97 Å². The number of amides is 1. The van der Waals surface area contributed by atoms with Gasteiger partial charge in [0.25, 0.3) is 0 Å². The first-order valence-electron chi connectivity index (χ1n) is 5.99. The zero-order valence-electron chi connectivity index (χ0n) is 10.6. The molecule has 18 heavy (non-hydrogen) atoms. The van der Waals surface area contributed by atoms with Gasteiger partial charge in [-0.05, 0) is 25.0 Å². The van der Waals surface area contributed by atoms with Crippen LogP contribution in [0, 0.1) is 0 Å². The van der Waals surface area contributed by atoms with Gasteiger partial charge in [0.1, 0.15) is 6.04 Å². The molecule has 0 aliphatic carbocycles. The highest BCUT2D eigenvalue weighted by molar-refractivity contribution is 5.87. The van der Waals surface area contributed by atoms with Crippen LogP contribution in [0.2, 0.25) is 0 Å². The molecule has 0 spiro atoms. The van der Waals surface area contributed by atoms with E-state index in [0.29, 0.717) is 12.8 Å². The number of rotatable bonds is 6. The van der Waals surface area contributed by atoms with Gasteiger partial charge in [0, 0.05) is 12.4 Å². The summed E-state index contributed by atoms with van der Waals surface area (Å²) in [6, 6.07) is 2.73. The summed E-state index contributed by atoms with van der Waals surface area (Å²) < 4.78 is 0. The topological polar surface area (TPSA) is 79.3 Å². The molecule has 2 atom stereocenters. The highest BCUT2D eigenvalue weighted by atomic mass is 16.4. The number of hydrogen-bond acceptors (Lipinski definition) is 3. The lowest BCUT2D eigenvalue weighted by Crippen LogP contribution is -2.42. The normalized spacial score (nSPS) is 13.7. The van der Waals surface area contributed by atoms with Crippen LogP contribution in [0.25, 0.3) is 0 Å². The molecule has 0 saturated heterocycles. The summed E-state index contributed by atoms with van der Waals surface area (Å²) in [5.41, 5.74) is 0.774. The molecule has 1 amide bonds. The van der Waals surface area contributed by atoms with Gasteiger partial charge in [0.05, 0.1) is 5.92 Å². The highest BCUT2D eigenvalue weighted by Gasteiger charge is 2.22. The van der Waals surface area contributed by atoms with Crippen molar-refractivity contribution in [1.29, 1.82) is 0 Å². The Labute approximate surface area is 106 Å². The van der Waals surface area contributed by atoms with Crippen LogP contribution in [-0.2, 0) is 9.59 Å². The Hall–Kier alpha value is -1.91. The van der Waals surface area contributed by atoms with E-state index >= 15 is 0 Å². The quantitative estimate of drug-likeness (QED) is 0.803. The number of nitrogens with one attached hydrogen (secondary N) is 1. The number of carboxylic acid groups (broad SMARTS) is 1. The van der Waals surface area contributed by atoms with E-state index in [1.165, 1.54) is 0 Å². The second-order valence-corrected chi connectivity index (χ2v) is 4.20. The number of carbonyl (C=O) groups excluding carboxylic acids is 1. The maximum Gasteiger partial charge on any atom is 0.326 e. The van der Waals surface area contributed by atoms with Crippen LogP contribution >= 0.6 is 0 Å². The fourth-order valence-corrected chi connectivity index (χ4v) is 1.63. The van der Waals surface area contributed by atoms with Crippen LogP contribution in [0.3, 0.4) is 0 Å². The minimum Gasteiger partial charge on any atom is -0.480 e. The van der Waals surface area contributed by atoms with Crippen LogP contribution < -0.4 is 5.32 Å². The standard InChI is InChI=1S/C13H18N2O3/c1-3-5-11(13(17)18)15-12(16)9(2)10-6-4-7-14-8-10/h4,6-9,11H,3,5H2,1-2H3,(H,15,16)(H,17,18). The number of carboxylic acids is 1. The van der Waals surface area contributed by atoms with Gasteiger partial charge in [-0.3, -0.25) is 9.78 Å². The molecule has 0 saturated carbocycles. The van der Waals surface area contributed by atoms with Crippen molar-refractivity contribution in [3.8, 4) is 0 Å². The Morgan fingerprint density at radius 2 is 2.22 bits per heavy atom. The first-order valence-corrected chi connectivity index (χ1v) is 5.99. The predicted molar refractivity (Wildman–Crippen MR) is 67.1 cm³/mol. The van der Waals surface area contributed by atoms with Gasteiger partial charge in [0.15, 0.2) is 0 Å². The summed E-state index contributed by atoms with van der Waals surface area (Å²) in [7, 11) is 0. The van der Waals surface area contributed by atoms with Gasteiger partial charge in [-0.2, -0.15) is 0 Å². The third-order valence-corrected chi connectivity index (χ3v) is 2.77. The summed E-state index contributed by atoms with van der Waals surface area (Å²) >= 11 is 0. The molecular formula is C13H18N2O3. The number of aromatic nitrogens is 1. The van der Waals surface area contributed by atoms with Gasteiger partial charge in [-0.1, -0.05) is 19.4 Å². The Morgan fingerprint density at radius 3 is 2.72 bits per heavy atom. The van der Waals surface area contributed by atoms with E-state index in [2.05, 4.69) is 10.3 Å². The fourth-order valence-electron chi connectivity index (χ4n) is 1.63. The van der Waals surface area contributed by atoms with Crippen molar-refractivity contribution < 1.29 is 14.7 Å². The van der Waals surface area contributed by atoms with Crippen molar-refractivity contribution in [2.24, 2.45) is 0 Å². The summed E-state index contributed by atoms with van der Waals surface area (Å²) in [5, 5.41) is 11.5. The molecule has 0 aromatic carbocycles. The maximum atomic E-state index is 11.9. The minimum absolute atomic E-state index is 0.288. The van der Waals surface area contributed by atoms with Crippen molar-refractivity contribution in [2.45, 2.75) is 38.6 Å². The molecule has 1 heterocycles. The lowest BCUT2D eigenvalue weighted by molar-refractivity contribution is -0.142. The number of nitrogens with zero attached hydrogens (tertiary/aromatic N) is 1. The number of hydrogen-bond donors (Lipinski definition) is 2. The molecule has 98 valence electrons. The molecule has 0 fully saturated rings. The van der Waals surface area contributed by atoms with Crippen LogP contribution in [0.4, 0.5) is 0 Å². The van der Waals surface area contributed by atoms with Crippen molar-refractivity contribution in [2.75, 3.05) is 0 Å². The molecule has 0 aliphatic rings. The van der Waals surface area contributed by atoms with Gasteiger partial charge in [0.2, 0.25) is 5.91 Å². The molecule has 2 unspecified atom stereocenters. The SMILES string of the molecule is CCCC(NC(=O)C(C)c1cccnc1)C(=O)O. The fraction of sp³-hybridized carbons (Fsp3) is 0.462. The zero-order chi connectivity index (χ0) is 13.5. The lowest BCUT2D eigenvalue weighted by atomic mass is 10.0. The van der Waals surface area contributed by atoms with E-state index in [4.69, 9.17) is 5.11 Å². The van der Waals surface area contributed by atoms with Gasteiger partial charge < -0.3 is 10.4 Å². The first-order chi connectivity index (χ1) is 8.56. The van der Waals surface area contributed by atoms with E-state index in [9.17, 15) is 9.59 Å². The zero-order valence-corrected chi connectivity index (χ0v) is 10.6. The second kappa shape index (κ2) is 6.74. The molecule has 0 aliphatic heterocycles. The first kappa shape index (κ1) is 14.2. The molecule has 1 aromatic heterocycles.